The van der Waals surface area contributed by atoms with Crippen LogP contribution in [-0.4, -0.2) is 42.0 Å². The molecular weight excluding hydrogens is 450 g/mol. The van der Waals surface area contributed by atoms with Crippen molar-refractivity contribution in [2.24, 2.45) is 10.9 Å². The lowest BCUT2D eigenvalue weighted by Gasteiger charge is -2.36. The van der Waals surface area contributed by atoms with E-state index in [9.17, 15) is 9.90 Å². The van der Waals surface area contributed by atoms with E-state index in [1.54, 1.807) is 18.6 Å². The molecule has 2 aliphatic rings. The van der Waals surface area contributed by atoms with Crippen LogP contribution in [0.4, 0.5) is 0 Å². The van der Waals surface area contributed by atoms with Crippen LogP contribution in [0.3, 0.4) is 0 Å². The number of aromatic nitrogens is 4. The van der Waals surface area contributed by atoms with E-state index in [4.69, 9.17) is 4.99 Å². The quantitative estimate of drug-likeness (QED) is 0.405. The van der Waals surface area contributed by atoms with E-state index < -0.39 is 5.60 Å². The highest BCUT2D eigenvalue weighted by Gasteiger charge is 2.36. The molecule has 1 fully saturated rings. The molecule has 1 aliphatic carbocycles. The Morgan fingerprint density at radius 2 is 2.08 bits per heavy atom. The number of pyridine rings is 2. The van der Waals surface area contributed by atoms with E-state index in [2.05, 4.69) is 15.1 Å². The van der Waals surface area contributed by atoms with E-state index in [0.29, 0.717) is 37.9 Å². The molecular formula is C29H29N5O2. The monoisotopic (exact) mass is 479 g/mol. The standard InChI is InChI=1S/C29H29N5O2/c1-19-11-22(7-10-31-19)28-25-13-21(4-5-23(25)15-32-28)27(35)12-20-3-2-8-29(36,14-20)18-34-26-17-30-9-6-24(26)16-33-34/h4-7,9-11,13,16-17,20,36H,2-3,8,12,14-15,18H2,1H3/t20-,29-/m0/s1. The smallest absolute Gasteiger partial charge is 0.163 e. The third-order valence-corrected chi connectivity index (χ3v) is 7.55. The Labute approximate surface area is 209 Å². The molecule has 4 heterocycles. The Bertz CT molecular complexity index is 1490. The number of aliphatic hydroxyl groups is 1. The van der Waals surface area contributed by atoms with Gasteiger partial charge in [0.1, 0.15) is 0 Å². The van der Waals surface area contributed by atoms with Crippen molar-refractivity contribution in [3.05, 3.63) is 89.1 Å². The second kappa shape index (κ2) is 9.06. The van der Waals surface area contributed by atoms with Gasteiger partial charge in [-0.1, -0.05) is 18.6 Å². The predicted molar refractivity (Wildman–Crippen MR) is 138 cm³/mol. The third-order valence-electron chi connectivity index (χ3n) is 7.55. The summed E-state index contributed by atoms with van der Waals surface area (Å²) in [6.45, 7) is 3.02. The highest BCUT2D eigenvalue weighted by atomic mass is 16.3. The van der Waals surface area contributed by atoms with Gasteiger partial charge in [0.05, 0.1) is 42.3 Å². The van der Waals surface area contributed by atoms with Gasteiger partial charge in [0.25, 0.3) is 0 Å². The van der Waals surface area contributed by atoms with Crippen LogP contribution < -0.4 is 0 Å². The summed E-state index contributed by atoms with van der Waals surface area (Å²) in [7, 11) is 0. The number of nitrogens with zero attached hydrogens (tertiary/aromatic N) is 5. The minimum atomic E-state index is -0.880. The van der Waals surface area contributed by atoms with Gasteiger partial charge in [0.2, 0.25) is 0 Å². The molecule has 2 atom stereocenters. The van der Waals surface area contributed by atoms with Crippen LogP contribution in [0.25, 0.3) is 10.9 Å². The molecule has 1 N–H and O–H groups in total. The van der Waals surface area contributed by atoms with Gasteiger partial charge < -0.3 is 5.11 Å². The van der Waals surface area contributed by atoms with Gasteiger partial charge in [-0.3, -0.25) is 24.4 Å². The molecule has 182 valence electrons. The molecule has 0 amide bonds. The molecule has 0 spiro atoms. The number of carbonyl (C=O) groups excluding carboxylic acids is 1. The summed E-state index contributed by atoms with van der Waals surface area (Å²) in [6.07, 6.45) is 10.7. The van der Waals surface area contributed by atoms with Crippen LogP contribution in [0.2, 0.25) is 0 Å². The fourth-order valence-corrected chi connectivity index (χ4v) is 5.78. The van der Waals surface area contributed by atoms with Crippen molar-refractivity contribution < 1.29 is 9.90 Å². The van der Waals surface area contributed by atoms with Crippen LogP contribution in [0.5, 0.6) is 0 Å². The zero-order valence-corrected chi connectivity index (χ0v) is 20.4. The first-order chi connectivity index (χ1) is 17.5. The fraction of sp³-hybridized carbons (Fsp3) is 0.345. The molecule has 1 saturated carbocycles. The van der Waals surface area contributed by atoms with Gasteiger partial charge in [-0.15, -0.1) is 0 Å². The number of hydrogen-bond donors (Lipinski definition) is 1. The van der Waals surface area contributed by atoms with Gasteiger partial charge >= 0.3 is 0 Å². The van der Waals surface area contributed by atoms with Crippen LogP contribution >= 0.6 is 0 Å². The molecule has 7 heteroatoms. The van der Waals surface area contributed by atoms with Crippen molar-refractivity contribution >= 4 is 22.4 Å². The fourth-order valence-electron chi connectivity index (χ4n) is 5.78. The SMILES string of the molecule is Cc1cc(C2=NCc3ccc(C(=O)C[C@@H]4CCC[C@@](O)(Cn5ncc6ccncc65)C4)cc32)ccn1. The summed E-state index contributed by atoms with van der Waals surface area (Å²) in [5.41, 5.74) is 5.84. The second-order valence-electron chi connectivity index (χ2n) is 10.3. The average molecular weight is 480 g/mol. The van der Waals surface area contributed by atoms with E-state index in [-0.39, 0.29) is 11.7 Å². The first-order valence-electron chi connectivity index (χ1n) is 12.6. The molecule has 1 aliphatic heterocycles. The molecule has 0 bridgehead atoms. The zero-order chi connectivity index (χ0) is 24.7. The number of benzene rings is 1. The largest absolute Gasteiger partial charge is 0.388 e. The molecule has 0 saturated heterocycles. The molecule has 0 radical (unpaired) electrons. The van der Waals surface area contributed by atoms with E-state index in [1.807, 2.05) is 54.2 Å². The van der Waals surface area contributed by atoms with E-state index >= 15 is 0 Å². The van der Waals surface area contributed by atoms with Gasteiger partial charge in [-0.05, 0) is 61.9 Å². The number of carbonyl (C=O) groups is 1. The summed E-state index contributed by atoms with van der Waals surface area (Å²) >= 11 is 0. The molecule has 6 rings (SSSR count). The van der Waals surface area contributed by atoms with E-state index in [0.717, 1.165) is 51.8 Å². The zero-order valence-electron chi connectivity index (χ0n) is 20.4. The first-order valence-corrected chi connectivity index (χ1v) is 12.6. The molecule has 1 aromatic carbocycles. The van der Waals surface area contributed by atoms with Gasteiger partial charge in [0, 0.05) is 46.6 Å². The number of hydrogen-bond acceptors (Lipinski definition) is 6. The van der Waals surface area contributed by atoms with Crippen LogP contribution in [0.1, 0.15) is 64.8 Å². The van der Waals surface area contributed by atoms with Crippen molar-refractivity contribution in [3.8, 4) is 0 Å². The molecule has 3 aromatic heterocycles. The Morgan fingerprint density at radius 1 is 1.17 bits per heavy atom. The lowest BCUT2D eigenvalue weighted by molar-refractivity contribution is -0.0317. The maximum absolute atomic E-state index is 13.4. The van der Waals surface area contributed by atoms with Crippen molar-refractivity contribution in [1.82, 2.24) is 19.7 Å². The number of fused-ring (bicyclic) bond motifs is 2. The van der Waals surface area contributed by atoms with Crippen molar-refractivity contribution in [2.75, 3.05) is 0 Å². The predicted octanol–water partition coefficient (Wildman–Crippen LogP) is 4.68. The first kappa shape index (κ1) is 22.7. The van der Waals surface area contributed by atoms with Crippen LogP contribution in [0, 0.1) is 12.8 Å². The summed E-state index contributed by atoms with van der Waals surface area (Å²) < 4.78 is 1.84. The minimum Gasteiger partial charge on any atom is -0.388 e. The molecule has 0 unspecified atom stereocenters. The lowest BCUT2D eigenvalue weighted by Crippen LogP contribution is -2.40. The van der Waals surface area contributed by atoms with Crippen LogP contribution in [-0.2, 0) is 13.1 Å². The van der Waals surface area contributed by atoms with Gasteiger partial charge in [-0.25, -0.2) is 0 Å². The minimum absolute atomic E-state index is 0.123. The summed E-state index contributed by atoms with van der Waals surface area (Å²) in [6, 6.07) is 11.9. The molecule has 36 heavy (non-hydrogen) atoms. The number of aryl methyl sites for hydroxylation is 1. The second-order valence-corrected chi connectivity index (χ2v) is 10.3. The Kier molecular flexibility index (Phi) is 5.72. The Balaban J connectivity index is 1.17. The normalized spacial score (nSPS) is 21.4. The van der Waals surface area contributed by atoms with Crippen molar-refractivity contribution in [1.29, 1.82) is 0 Å². The summed E-state index contributed by atoms with van der Waals surface area (Å²) in [4.78, 5) is 26.6. The molecule has 4 aromatic rings. The van der Waals surface area contributed by atoms with Crippen molar-refractivity contribution in [2.45, 2.75) is 57.7 Å². The number of Topliss-reactive ketones (excluding diaryl/α,β-unsaturated/α-hetero) is 1. The topological polar surface area (TPSA) is 93.3 Å². The summed E-state index contributed by atoms with van der Waals surface area (Å²) in [5.74, 6) is 0.262. The van der Waals surface area contributed by atoms with Gasteiger partial charge in [-0.2, -0.15) is 5.10 Å². The van der Waals surface area contributed by atoms with Crippen LogP contribution in [0.15, 0.2) is 66.2 Å². The Hall–Kier alpha value is -3.71. The number of rotatable bonds is 6. The number of aliphatic imine (C=N–C) groups is 1. The average Bonchev–Trinajstić information content (AvgIpc) is 3.48. The van der Waals surface area contributed by atoms with Gasteiger partial charge in [0.15, 0.2) is 5.78 Å². The number of ketones is 1. The highest BCUT2D eigenvalue weighted by molar-refractivity contribution is 6.16. The summed E-state index contributed by atoms with van der Waals surface area (Å²) in [5, 5.41) is 16.9. The Morgan fingerprint density at radius 3 is 2.97 bits per heavy atom. The maximum Gasteiger partial charge on any atom is 0.163 e. The van der Waals surface area contributed by atoms with E-state index in [1.165, 1.54) is 0 Å². The molecule has 7 nitrogen and oxygen atoms in total. The third kappa shape index (κ3) is 4.35. The highest BCUT2D eigenvalue weighted by Crippen LogP contribution is 2.37. The lowest BCUT2D eigenvalue weighted by atomic mass is 9.75. The van der Waals surface area contributed by atoms with Crippen molar-refractivity contribution in [3.63, 3.8) is 0 Å². The maximum atomic E-state index is 13.4.